The van der Waals surface area contributed by atoms with Crippen LogP contribution < -0.4 is 10.2 Å². The Labute approximate surface area is 507 Å². The first-order valence-electron chi connectivity index (χ1n) is 34.0. The van der Waals surface area contributed by atoms with Crippen molar-refractivity contribution in [2.45, 2.75) is 309 Å². The number of phosphoric acid groups is 1. The maximum atomic E-state index is 13.6. The Balaban J connectivity index is 5.14. The molecule has 82 heavy (non-hydrogen) atoms. The molecule has 0 aliphatic rings. The molecule has 9 nitrogen and oxygen atoms in total. The van der Waals surface area contributed by atoms with Gasteiger partial charge in [0.15, 0.2) is 0 Å². The predicted molar refractivity (Wildman–Crippen MR) is 353 cm³/mol. The lowest BCUT2D eigenvalue weighted by Gasteiger charge is -2.30. The highest BCUT2D eigenvalue weighted by Crippen LogP contribution is 2.38. The number of quaternary nitrogens is 1. The second-order valence-electron chi connectivity index (χ2n) is 23.9. The van der Waals surface area contributed by atoms with Crippen molar-refractivity contribution in [3.05, 3.63) is 97.2 Å². The van der Waals surface area contributed by atoms with Gasteiger partial charge in [0, 0.05) is 12.8 Å². The van der Waals surface area contributed by atoms with Crippen LogP contribution in [-0.2, 0) is 27.9 Å². The van der Waals surface area contributed by atoms with E-state index < -0.39 is 26.6 Å². The Kier molecular flexibility index (Phi) is 58.7. The van der Waals surface area contributed by atoms with Crippen LogP contribution in [-0.4, -0.2) is 69.4 Å². The largest absolute Gasteiger partial charge is 0.756 e. The van der Waals surface area contributed by atoms with Crippen molar-refractivity contribution in [1.82, 2.24) is 5.32 Å². The predicted octanol–water partition coefficient (Wildman–Crippen LogP) is 20.9. The van der Waals surface area contributed by atoms with Gasteiger partial charge >= 0.3 is 5.97 Å². The minimum Gasteiger partial charge on any atom is -0.756 e. The maximum absolute atomic E-state index is 13.6. The van der Waals surface area contributed by atoms with Crippen LogP contribution >= 0.6 is 7.82 Å². The fourth-order valence-electron chi connectivity index (χ4n) is 9.52. The van der Waals surface area contributed by atoms with Gasteiger partial charge in [0.1, 0.15) is 19.3 Å². The van der Waals surface area contributed by atoms with Crippen LogP contribution in [0, 0.1) is 0 Å². The highest BCUT2D eigenvalue weighted by molar-refractivity contribution is 7.45. The number of hydrogen-bond acceptors (Lipinski definition) is 7. The number of carbonyl (C=O) groups is 2. The lowest BCUT2D eigenvalue weighted by molar-refractivity contribution is -0.870. The third-order valence-electron chi connectivity index (χ3n) is 14.7. The van der Waals surface area contributed by atoms with Crippen molar-refractivity contribution in [3.8, 4) is 0 Å². The van der Waals surface area contributed by atoms with Gasteiger partial charge in [-0.05, 0) is 109 Å². The number of nitrogens with one attached hydrogen (secondary N) is 1. The van der Waals surface area contributed by atoms with Crippen molar-refractivity contribution < 1.29 is 37.3 Å². The molecule has 0 saturated heterocycles. The average Bonchev–Trinajstić information content (AvgIpc) is 3.44. The minimum atomic E-state index is -4.71. The molecule has 0 radical (unpaired) electrons. The molecule has 0 saturated carbocycles. The summed E-state index contributed by atoms with van der Waals surface area (Å²) < 4.78 is 30.4. The van der Waals surface area contributed by atoms with Crippen molar-refractivity contribution in [3.63, 3.8) is 0 Å². The number of esters is 1. The van der Waals surface area contributed by atoms with E-state index in [1.54, 1.807) is 0 Å². The number of phosphoric ester groups is 1. The van der Waals surface area contributed by atoms with E-state index in [2.05, 4.69) is 111 Å². The number of amides is 1. The number of allylic oxidation sites excluding steroid dienone is 15. The third kappa shape index (κ3) is 61.5. The van der Waals surface area contributed by atoms with Gasteiger partial charge in [0.2, 0.25) is 5.91 Å². The molecule has 474 valence electrons. The molecule has 10 heteroatoms. The van der Waals surface area contributed by atoms with Crippen LogP contribution in [0.5, 0.6) is 0 Å². The summed E-state index contributed by atoms with van der Waals surface area (Å²) in [4.78, 5) is 40.1. The fraction of sp³-hybridized carbons (Fsp3) is 0.750. The Morgan fingerprint density at radius 3 is 1.21 bits per heavy atom. The lowest BCUT2D eigenvalue weighted by atomic mass is 10.0. The molecule has 0 aromatic carbocycles. The summed E-state index contributed by atoms with van der Waals surface area (Å²) in [6.45, 7) is 6.70. The molecule has 0 fully saturated rings. The fourth-order valence-corrected chi connectivity index (χ4v) is 10.2. The number of ether oxygens (including phenoxy) is 1. The maximum Gasteiger partial charge on any atom is 0.306 e. The Hall–Kier alpha value is -3.07. The van der Waals surface area contributed by atoms with Crippen molar-refractivity contribution in [1.29, 1.82) is 0 Å². The molecular formula is C72H129N2O7P. The second-order valence-corrected chi connectivity index (χ2v) is 25.4. The average molecular weight is 1170 g/mol. The van der Waals surface area contributed by atoms with Crippen molar-refractivity contribution in [2.24, 2.45) is 0 Å². The molecule has 0 heterocycles. The van der Waals surface area contributed by atoms with Gasteiger partial charge in [-0.3, -0.25) is 14.2 Å². The molecule has 3 unspecified atom stereocenters. The molecule has 3 atom stereocenters. The Morgan fingerprint density at radius 1 is 0.439 bits per heavy atom. The quantitative estimate of drug-likeness (QED) is 0.0212. The number of carbonyl (C=O) groups excluding carboxylic acids is 2. The highest BCUT2D eigenvalue weighted by atomic mass is 31.2. The van der Waals surface area contributed by atoms with E-state index >= 15 is 0 Å². The molecular weight excluding hydrogens is 1040 g/mol. The van der Waals surface area contributed by atoms with Gasteiger partial charge in [0.05, 0.1) is 33.8 Å². The summed E-state index contributed by atoms with van der Waals surface area (Å²) in [5.41, 5.74) is 0. The van der Waals surface area contributed by atoms with E-state index in [9.17, 15) is 19.0 Å². The summed E-state index contributed by atoms with van der Waals surface area (Å²) in [7, 11) is 1.16. The first kappa shape index (κ1) is 78.9. The van der Waals surface area contributed by atoms with Crippen molar-refractivity contribution in [2.75, 3.05) is 40.9 Å². The summed E-state index contributed by atoms with van der Waals surface area (Å²) >= 11 is 0. The first-order chi connectivity index (χ1) is 39.9. The zero-order chi connectivity index (χ0) is 60.0. The highest BCUT2D eigenvalue weighted by Gasteiger charge is 2.27. The second kappa shape index (κ2) is 61.0. The number of unbranched alkanes of at least 4 members (excludes halogenated alkanes) is 31. The van der Waals surface area contributed by atoms with Gasteiger partial charge in [-0.2, -0.15) is 0 Å². The van der Waals surface area contributed by atoms with E-state index in [0.717, 1.165) is 96.3 Å². The van der Waals surface area contributed by atoms with E-state index in [1.807, 2.05) is 33.3 Å². The van der Waals surface area contributed by atoms with E-state index in [4.69, 9.17) is 13.8 Å². The topological polar surface area (TPSA) is 114 Å². The van der Waals surface area contributed by atoms with Gasteiger partial charge < -0.3 is 28.5 Å². The van der Waals surface area contributed by atoms with Crippen LogP contribution in [0.4, 0.5) is 0 Å². The number of rotatable bonds is 61. The number of hydrogen-bond donors (Lipinski definition) is 1. The summed E-state index contributed by atoms with van der Waals surface area (Å²) in [6.07, 6.45) is 82.4. The van der Waals surface area contributed by atoms with Gasteiger partial charge in [-0.25, -0.2) is 0 Å². The zero-order valence-electron chi connectivity index (χ0n) is 54.2. The lowest BCUT2D eigenvalue weighted by Crippen LogP contribution is -2.47. The Morgan fingerprint density at radius 2 is 0.780 bits per heavy atom. The van der Waals surface area contributed by atoms with Crippen LogP contribution in [0.3, 0.4) is 0 Å². The normalized spacial score (nSPS) is 14.2. The van der Waals surface area contributed by atoms with Crippen LogP contribution in [0.1, 0.15) is 297 Å². The Bertz CT molecular complexity index is 1720. The summed E-state index contributed by atoms with van der Waals surface area (Å²) in [5, 5.41) is 3.03. The molecule has 0 aromatic rings. The van der Waals surface area contributed by atoms with Gasteiger partial charge in [0.25, 0.3) is 7.82 Å². The monoisotopic (exact) mass is 1160 g/mol. The summed E-state index contributed by atoms with van der Waals surface area (Å²) in [6, 6.07) is -0.907. The summed E-state index contributed by atoms with van der Waals surface area (Å²) in [5.74, 6) is -0.576. The molecule has 0 aliphatic carbocycles. The van der Waals surface area contributed by atoms with Crippen LogP contribution in [0.25, 0.3) is 0 Å². The number of likely N-dealkylation sites (N-methyl/N-ethyl adjacent to an activating group) is 1. The van der Waals surface area contributed by atoms with Crippen molar-refractivity contribution >= 4 is 19.7 Å². The molecule has 1 N–H and O–H groups in total. The minimum absolute atomic E-state index is 0.0312. The van der Waals surface area contributed by atoms with Gasteiger partial charge in [-0.15, -0.1) is 0 Å². The molecule has 0 bridgehead atoms. The van der Waals surface area contributed by atoms with Gasteiger partial charge in [-0.1, -0.05) is 272 Å². The third-order valence-corrected chi connectivity index (χ3v) is 15.7. The smallest absolute Gasteiger partial charge is 0.306 e. The van der Waals surface area contributed by atoms with Crippen LogP contribution in [0.2, 0.25) is 0 Å². The van der Waals surface area contributed by atoms with Crippen LogP contribution in [0.15, 0.2) is 97.2 Å². The molecule has 1 amide bonds. The standard InChI is InChI=1S/C72H129N2O7P/c1-7-10-13-16-19-22-25-28-30-32-34-35-36-37-38-39-41-42-44-46-49-52-55-58-61-64-71(75)73-69(68-80-82(77,78)79-67-66-74(4,5)6)70(63-60-57-54-51-48-27-24-21-18-15-12-9-3)81-72(76)65-62-59-56-53-50-47-45-43-40-33-31-29-26-23-20-17-14-11-8-2/h11,14,19-20,22-23,28-31,40,43,47,50,60,63,69-70H,7-10,12-13,15-18,21,24-27,32-39,41-42,44-46,48-49,51-59,61-62,64-68H2,1-6H3,(H-,73,75,77,78)/b14-11-,22-19-,23-20-,30-28-,31-29-,43-40-,50-47-,63-60-. The van der Waals surface area contributed by atoms with E-state index in [1.165, 1.54) is 161 Å². The zero-order valence-corrected chi connectivity index (χ0v) is 55.1. The molecule has 0 rings (SSSR count). The molecule has 0 aliphatic heterocycles. The number of nitrogens with zero attached hydrogens (tertiary/aromatic N) is 1. The first-order valence-corrected chi connectivity index (χ1v) is 35.5. The molecule has 0 spiro atoms. The van der Waals surface area contributed by atoms with E-state index in [0.29, 0.717) is 23.9 Å². The molecule has 0 aromatic heterocycles. The van der Waals surface area contributed by atoms with E-state index in [-0.39, 0.29) is 24.9 Å². The SMILES string of the molecule is CC/C=C\C/C=C\C/C=C\C/C=C\C/C=C\CCCCCC(=O)OC(/C=C\CCCCCCCCCCCC)C(COP(=O)([O-])OCC[N+](C)(C)C)NC(=O)CCCCCCCCCCCCCCCCC/C=C\C/C=C\CCCCC.